The van der Waals surface area contributed by atoms with Crippen molar-refractivity contribution in [1.29, 1.82) is 0 Å². The molecule has 1 aliphatic rings. The van der Waals surface area contributed by atoms with E-state index in [9.17, 15) is 9.90 Å². The smallest absolute Gasteiger partial charge is 0.232 e. The minimum atomic E-state index is -0.261. The van der Waals surface area contributed by atoms with E-state index in [0.29, 0.717) is 24.4 Å². The summed E-state index contributed by atoms with van der Waals surface area (Å²) in [5, 5.41) is 12.2. The average Bonchev–Trinajstić information content (AvgIpc) is 2.49. The van der Waals surface area contributed by atoms with Crippen molar-refractivity contribution in [2.75, 3.05) is 17.7 Å². The molecule has 1 amide bonds. The van der Waals surface area contributed by atoms with Crippen molar-refractivity contribution in [3.05, 3.63) is 48.0 Å². The van der Waals surface area contributed by atoms with Crippen molar-refractivity contribution >= 4 is 17.3 Å². The van der Waals surface area contributed by atoms with Gasteiger partial charge >= 0.3 is 0 Å². The Morgan fingerprint density at radius 1 is 1.29 bits per heavy atom. The number of aromatic hydroxyl groups is 1. The third kappa shape index (κ3) is 2.63. The third-order valence-electron chi connectivity index (χ3n) is 3.57. The highest BCUT2D eigenvalue weighted by Gasteiger charge is 2.27. The second-order valence-corrected chi connectivity index (χ2v) is 4.99. The Morgan fingerprint density at radius 3 is 2.90 bits per heavy atom. The number of rotatable bonds is 2. The number of phenolic OH excluding ortho intramolecular Hbond substituents is 1. The van der Waals surface area contributed by atoms with Crippen LogP contribution in [0.5, 0.6) is 11.5 Å². The lowest BCUT2D eigenvalue weighted by atomic mass is 9.92. The van der Waals surface area contributed by atoms with Gasteiger partial charge < -0.3 is 20.9 Å². The molecule has 0 saturated heterocycles. The molecule has 0 aliphatic carbocycles. The van der Waals surface area contributed by atoms with E-state index < -0.39 is 0 Å². The van der Waals surface area contributed by atoms with Gasteiger partial charge in [0.05, 0.1) is 23.9 Å². The van der Waals surface area contributed by atoms with E-state index in [1.54, 1.807) is 6.07 Å². The summed E-state index contributed by atoms with van der Waals surface area (Å²) in [7, 11) is 0. The van der Waals surface area contributed by atoms with Crippen molar-refractivity contribution < 1.29 is 14.6 Å². The van der Waals surface area contributed by atoms with E-state index >= 15 is 0 Å². The minimum absolute atomic E-state index is 0.0712. The van der Waals surface area contributed by atoms with Gasteiger partial charge in [0.15, 0.2) is 0 Å². The summed E-state index contributed by atoms with van der Waals surface area (Å²) in [5.74, 6) is 0.441. The van der Waals surface area contributed by atoms with Crippen LogP contribution in [-0.4, -0.2) is 17.6 Å². The number of hydrogen-bond donors (Lipinski definition) is 3. The summed E-state index contributed by atoms with van der Waals surface area (Å²) in [5.41, 5.74) is 7.52. The van der Waals surface area contributed by atoms with E-state index in [4.69, 9.17) is 10.5 Å². The fourth-order valence-corrected chi connectivity index (χ4v) is 2.50. The second-order valence-electron chi connectivity index (χ2n) is 4.99. The highest BCUT2D eigenvalue weighted by Crippen LogP contribution is 2.34. The molecule has 1 heterocycles. The number of nitrogens with two attached hydrogens (primary N) is 1. The summed E-state index contributed by atoms with van der Waals surface area (Å²) in [6.45, 7) is 0.514. The SMILES string of the molecule is Nc1cc(O)ccc1NC(=O)C1CCOc2ccccc21. The van der Waals surface area contributed by atoms with Crippen LogP contribution >= 0.6 is 0 Å². The minimum Gasteiger partial charge on any atom is -0.508 e. The number of nitrogen functional groups attached to an aromatic ring is 1. The molecule has 0 radical (unpaired) electrons. The Balaban J connectivity index is 1.83. The van der Waals surface area contributed by atoms with Crippen LogP contribution in [0.15, 0.2) is 42.5 Å². The Labute approximate surface area is 122 Å². The van der Waals surface area contributed by atoms with Crippen molar-refractivity contribution in [3.8, 4) is 11.5 Å². The monoisotopic (exact) mass is 284 g/mol. The van der Waals surface area contributed by atoms with Gasteiger partial charge in [-0.15, -0.1) is 0 Å². The predicted molar refractivity (Wildman–Crippen MR) is 80.4 cm³/mol. The molecule has 2 aromatic rings. The zero-order valence-electron chi connectivity index (χ0n) is 11.4. The number of fused-ring (bicyclic) bond motifs is 1. The molecule has 0 saturated carbocycles. The summed E-state index contributed by atoms with van der Waals surface area (Å²) in [6, 6.07) is 12.0. The van der Waals surface area contributed by atoms with E-state index in [-0.39, 0.29) is 17.6 Å². The summed E-state index contributed by atoms with van der Waals surface area (Å²) >= 11 is 0. The summed E-state index contributed by atoms with van der Waals surface area (Å²) in [6.07, 6.45) is 0.626. The van der Waals surface area contributed by atoms with E-state index in [1.165, 1.54) is 12.1 Å². The van der Waals surface area contributed by atoms with Gasteiger partial charge in [-0.1, -0.05) is 18.2 Å². The zero-order chi connectivity index (χ0) is 14.8. The number of nitrogens with one attached hydrogen (secondary N) is 1. The van der Waals surface area contributed by atoms with Crippen LogP contribution in [0.3, 0.4) is 0 Å². The van der Waals surface area contributed by atoms with Crippen LogP contribution in [0.4, 0.5) is 11.4 Å². The number of hydrogen-bond acceptors (Lipinski definition) is 4. The first kappa shape index (κ1) is 13.3. The van der Waals surface area contributed by atoms with Crippen molar-refractivity contribution in [2.45, 2.75) is 12.3 Å². The lowest BCUT2D eigenvalue weighted by Gasteiger charge is -2.25. The number of benzene rings is 2. The average molecular weight is 284 g/mol. The topological polar surface area (TPSA) is 84.6 Å². The van der Waals surface area contributed by atoms with Crippen LogP contribution in [-0.2, 0) is 4.79 Å². The van der Waals surface area contributed by atoms with E-state index in [2.05, 4.69) is 5.32 Å². The number of ether oxygens (including phenoxy) is 1. The van der Waals surface area contributed by atoms with Crippen LogP contribution < -0.4 is 15.8 Å². The standard InChI is InChI=1S/C16H16N2O3/c17-13-9-10(19)5-6-14(13)18-16(20)12-7-8-21-15-4-2-1-3-11(12)15/h1-6,9,12,19H,7-8,17H2,(H,18,20). The molecule has 5 heteroatoms. The number of carbonyl (C=O) groups excluding carboxylic acids is 1. The number of para-hydroxylation sites is 1. The molecular formula is C16H16N2O3. The van der Waals surface area contributed by atoms with Gasteiger partial charge in [-0.3, -0.25) is 4.79 Å². The molecule has 1 atom stereocenters. The summed E-state index contributed by atoms with van der Waals surface area (Å²) in [4.78, 5) is 12.5. The molecule has 0 aromatic heterocycles. The lowest BCUT2D eigenvalue weighted by molar-refractivity contribution is -0.118. The molecule has 5 nitrogen and oxygen atoms in total. The van der Waals surface area contributed by atoms with Crippen LogP contribution in [0.2, 0.25) is 0 Å². The highest BCUT2D eigenvalue weighted by molar-refractivity contribution is 5.98. The van der Waals surface area contributed by atoms with Crippen LogP contribution in [0, 0.1) is 0 Å². The maximum absolute atomic E-state index is 12.5. The quantitative estimate of drug-likeness (QED) is 0.584. The van der Waals surface area contributed by atoms with Crippen LogP contribution in [0.1, 0.15) is 17.9 Å². The van der Waals surface area contributed by atoms with Gasteiger partial charge in [-0.2, -0.15) is 0 Å². The largest absolute Gasteiger partial charge is 0.508 e. The Kier molecular flexibility index (Phi) is 3.39. The molecule has 3 rings (SSSR count). The normalized spacial score (nSPS) is 16.7. The highest BCUT2D eigenvalue weighted by atomic mass is 16.5. The Bertz CT molecular complexity index is 685. The molecule has 0 fully saturated rings. The summed E-state index contributed by atoms with van der Waals surface area (Å²) < 4.78 is 5.56. The lowest BCUT2D eigenvalue weighted by Crippen LogP contribution is -2.26. The zero-order valence-corrected chi connectivity index (χ0v) is 11.4. The van der Waals surface area contributed by atoms with Crippen molar-refractivity contribution in [2.24, 2.45) is 0 Å². The predicted octanol–water partition coefficient (Wildman–Crippen LogP) is 2.48. The molecule has 4 N–H and O–H groups in total. The third-order valence-corrected chi connectivity index (χ3v) is 3.57. The van der Waals surface area contributed by atoms with E-state index in [0.717, 1.165) is 11.3 Å². The van der Waals surface area contributed by atoms with Gasteiger partial charge in [-0.25, -0.2) is 0 Å². The first-order valence-corrected chi connectivity index (χ1v) is 6.76. The van der Waals surface area contributed by atoms with E-state index in [1.807, 2.05) is 24.3 Å². The molecule has 1 aliphatic heterocycles. The number of anilines is 2. The molecule has 21 heavy (non-hydrogen) atoms. The molecule has 0 bridgehead atoms. The first-order chi connectivity index (χ1) is 10.1. The molecular weight excluding hydrogens is 268 g/mol. The molecule has 2 aromatic carbocycles. The van der Waals surface area contributed by atoms with Gasteiger partial charge in [0.2, 0.25) is 5.91 Å². The van der Waals surface area contributed by atoms with Crippen molar-refractivity contribution in [3.63, 3.8) is 0 Å². The number of carbonyl (C=O) groups is 1. The van der Waals surface area contributed by atoms with Gasteiger partial charge in [0, 0.05) is 11.6 Å². The first-order valence-electron chi connectivity index (χ1n) is 6.76. The maximum atomic E-state index is 12.5. The fraction of sp³-hybridized carbons (Fsp3) is 0.188. The van der Waals surface area contributed by atoms with Gasteiger partial charge in [0.1, 0.15) is 11.5 Å². The van der Waals surface area contributed by atoms with Gasteiger partial charge in [0.25, 0.3) is 0 Å². The molecule has 1 unspecified atom stereocenters. The second kappa shape index (κ2) is 5.36. The molecule has 0 spiro atoms. The fourth-order valence-electron chi connectivity index (χ4n) is 2.50. The Morgan fingerprint density at radius 2 is 2.10 bits per heavy atom. The molecule has 108 valence electrons. The van der Waals surface area contributed by atoms with Crippen LogP contribution in [0.25, 0.3) is 0 Å². The maximum Gasteiger partial charge on any atom is 0.232 e. The number of phenols is 1. The Hall–Kier alpha value is -2.69. The number of amides is 1. The van der Waals surface area contributed by atoms with Crippen molar-refractivity contribution in [1.82, 2.24) is 0 Å². The van der Waals surface area contributed by atoms with Gasteiger partial charge in [-0.05, 0) is 24.6 Å².